The number of anilines is 1. The molecule has 3 rings (SSSR count). The Morgan fingerprint density at radius 3 is 2.48 bits per heavy atom. The summed E-state index contributed by atoms with van der Waals surface area (Å²) in [5.74, 6) is -0.319. The molecular formula is C21H18ClNO4. The molecule has 0 aliphatic rings. The molecule has 1 amide bonds. The summed E-state index contributed by atoms with van der Waals surface area (Å²) < 4.78 is 10.4. The first-order chi connectivity index (χ1) is 13.0. The van der Waals surface area contributed by atoms with E-state index in [0.29, 0.717) is 11.4 Å². The molecule has 0 saturated carbocycles. The fraction of sp³-hybridized carbons (Fsp3) is 0.143. The number of benzene rings is 3. The van der Waals surface area contributed by atoms with Crippen molar-refractivity contribution in [2.45, 2.75) is 13.0 Å². The normalized spacial score (nSPS) is 11.7. The molecule has 0 aliphatic carbocycles. The zero-order valence-electron chi connectivity index (χ0n) is 14.9. The van der Waals surface area contributed by atoms with E-state index < -0.39 is 12.1 Å². The van der Waals surface area contributed by atoms with Crippen LogP contribution in [0.3, 0.4) is 0 Å². The number of ether oxygens (including phenoxy) is 2. The second-order valence-electron chi connectivity index (χ2n) is 5.94. The SMILES string of the molecule is COC(=O)c1cc(NC(=O)C(C)Oc2ccc3ccccc3c2)ccc1Cl. The first kappa shape index (κ1) is 18.7. The maximum absolute atomic E-state index is 12.4. The summed E-state index contributed by atoms with van der Waals surface area (Å²) in [5, 5.41) is 5.09. The highest BCUT2D eigenvalue weighted by Crippen LogP contribution is 2.23. The van der Waals surface area contributed by atoms with E-state index in [1.165, 1.54) is 19.2 Å². The topological polar surface area (TPSA) is 64.6 Å². The Bertz CT molecular complexity index is 1000. The minimum Gasteiger partial charge on any atom is -0.481 e. The van der Waals surface area contributed by atoms with Crippen molar-refractivity contribution >= 4 is 39.9 Å². The number of carbonyl (C=O) groups is 2. The number of rotatable bonds is 5. The largest absolute Gasteiger partial charge is 0.481 e. The molecule has 5 nitrogen and oxygen atoms in total. The second kappa shape index (κ2) is 8.10. The molecule has 3 aromatic carbocycles. The van der Waals surface area contributed by atoms with Crippen molar-refractivity contribution in [3.8, 4) is 5.75 Å². The maximum atomic E-state index is 12.4. The van der Waals surface area contributed by atoms with Gasteiger partial charge in [0.05, 0.1) is 17.7 Å². The van der Waals surface area contributed by atoms with Gasteiger partial charge in [0.15, 0.2) is 6.10 Å². The van der Waals surface area contributed by atoms with E-state index in [9.17, 15) is 9.59 Å². The molecule has 0 spiro atoms. The van der Waals surface area contributed by atoms with Crippen LogP contribution in [0.15, 0.2) is 60.7 Å². The Labute approximate surface area is 161 Å². The van der Waals surface area contributed by atoms with E-state index in [4.69, 9.17) is 16.3 Å². The van der Waals surface area contributed by atoms with Crippen molar-refractivity contribution < 1.29 is 19.1 Å². The molecule has 138 valence electrons. The van der Waals surface area contributed by atoms with Crippen LogP contribution in [0.4, 0.5) is 5.69 Å². The summed E-state index contributed by atoms with van der Waals surface area (Å²) in [6.45, 7) is 1.65. The first-order valence-electron chi connectivity index (χ1n) is 8.32. The predicted octanol–water partition coefficient (Wildman–Crippen LogP) is 4.69. The number of hydrogen-bond acceptors (Lipinski definition) is 4. The number of fused-ring (bicyclic) bond motifs is 1. The second-order valence-corrected chi connectivity index (χ2v) is 6.35. The van der Waals surface area contributed by atoms with Crippen LogP contribution in [-0.4, -0.2) is 25.1 Å². The number of halogens is 1. The number of nitrogens with one attached hydrogen (secondary N) is 1. The van der Waals surface area contributed by atoms with Crippen LogP contribution in [-0.2, 0) is 9.53 Å². The summed E-state index contributed by atoms with van der Waals surface area (Å²) in [6, 6.07) is 18.2. The number of amides is 1. The molecule has 0 fully saturated rings. The van der Waals surface area contributed by atoms with Gasteiger partial charge in [0, 0.05) is 5.69 Å². The minimum absolute atomic E-state index is 0.181. The molecule has 0 aromatic heterocycles. The Balaban J connectivity index is 1.71. The highest BCUT2D eigenvalue weighted by atomic mass is 35.5. The molecule has 1 N–H and O–H groups in total. The molecule has 27 heavy (non-hydrogen) atoms. The van der Waals surface area contributed by atoms with Gasteiger partial charge in [-0.2, -0.15) is 0 Å². The van der Waals surface area contributed by atoms with Crippen molar-refractivity contribution in [2.24, 2.45) is 0 Å². The van der Waals surface area contributed by atoms with Gasteiger partial charge in [-0.05, 0) is 48.0 Å². The van der Waals surface area contributed by atoms with E-state index in [1.54, 1.807) is 13.0 Å². The van der Waals surface area contributed by atoms with Crippen LogP contribution < -0.4 is 10.1 Å². The standard InChI is InChI=1S/C21H18ClNO4/c1-13(27-17-9-7-14-5-3-4-6-15(14)11-17)20(24)23-16-8-10-19(22)18(12-16)21(25)26-2/h3-13H,1-2H3,(H,23,24). The van der Waals surface area contributed by atoms with Crippen LogP contribution in [0, 0.1) is 0 Å². The maximum Gasteiger partial charge on any atom is 0.339 e. The molecular weight excluding hydrogens is 366 g/mol. The zero-order chi connectivity index (χ0) is 19.4. The Hall–Kier alpha value is -3.05. The Morgan fingerprint density at radius 1 is 1.00 bits per heavy atom. The third kappa shape index (κ3) is 4.38. The average molecular weight is 384 g/mol. The molecule has 0 aliphatic heterocycles. The monoisotopic (exact) mass is 383 g/mol. The van der Waals surface area contributed by atoms with Crippen molar-refractivity contribution in [1.82, 2.24) is 0 Å². The number of esters is 1. The number of carbonyl (C=O) groups excluding carboxylic acids is 2. The van der Waals surface area contributed by atoms with Gasteiger partial charge in [0.2, 0.25) is 0 Å². The van der Waals surface area contributed by atoms with E-state index >= 15 is 0 Å². The summed E-state index contributed by atoms with van der Waals surface area (Å²) in [4.78, 5) is 24.1. The molecule has 1 unspecified atom stereocenters. The summed E-state index contributed by atoms with van der Waals surface area (Å²) in [5.41, 5.74) is 0.610. The lowest BCUT2D eigenvalue weighted by atomic mass is 10.1. The molecule has 6 heteroatoms. The lowest BCUT2D eigenvalue weighted by Crippen LogP contribution is -2.30. The van der Waals surface area contributed by atoms with Crippen molar-refractivity contribution in [1.29, 1.82) is 0 Å². The van der Waals surface area contributed by atoms with Gasteiger partial charge in [-0.3, -0.25) is 4.79 Å². The molecule has 0 heterocycles. The van der Waals surface area contributed by atoms with Gasteiger partial charge in [0.25, 0.3) is 5.91 Å². The Morgan fingerprint density at radius 2 is 1.74 bits per heavy atom. The quantitative estimate of drug-likeness (QED) is 0.649. The van der Waals surface area contributed by atoms with Crippen LogP contribution in [0.2, 0.25) is 5.02 Å². The highest BCUT2D eigenvalue weighted by Gasteiger charge is 2.17. The Kier molecular flexibility index (Phi) is 5.62. The average Bonchev–Trinajstić information content (AvgIpc) is 2.68. The van der Waals surface area contributed by atoms with Gasteiger partial charge in [-0.25, -0.2) is 4.79 Å². The van der Waals surface area contributed by atoms with Crippen molar-refractivity contribution in [2.75, 3.05) is 12.4 Å². The van der Waals surface area contributed by atoms with Crippen LogP contribution in [0.25, 0.3) is 10.8 Å². The predicted molar refractivity (Wildman–Crippen MR) is 105 cm³/mol. The molecule has 0 radical (unpaired) electrons. The smallest absolute Gasteiger partial charge is 0.339 e. The van der Waals surface area contributed by atoms with Gasteiger partial charge in [0.1, 0.15) is 5.75 Å². The fourth-order valence-corrected chi connectivity index (χ4v) is 2.81. The molecule has 1 atom stereocenters. The highest BCUT2D eigenvalue weighted by molar-refractivity contribution is 6.33. The van der Waals surface area contributed by atoms with Gasteiger partial charge >= 0.3 is 5.97 Å². The summed E-state index contributed by atoms with van der Waals surface area (Å²) >= 11 is 5.99. The van der Waals surface area contributed by atoms with E-state index in [1.807, 2.05) is 42.5 Å². The molecule has 0 bridgehead atoms. The van der Waals surface area contributed by atoms with Gasteiger partial charge < -0.3 is 14.8 Å². The first-order valence-corrected chi connectivity index (χ1v) is 8.70. The van der Waals surface area contributed by atoms with Gasteiger partial charge in [-0.15, -0.1) is 0 Å². The third-order valence-corrected chi connectivity index (χ3v) is 4.37. The molecule has 0 saturated heterocycles. The van der Waals surface area contributed by atoms with Crippen LogP contribution in [0.5, 0.6) is 5.75 Å². The third-order valence-electron chi connectivity index (χ3n) is 4.04. The lowest BCUT2D eigenvalue weighted by Gasteiger charge is -2.15. The number of methoxy groups -OCH3 is 1. The van der Waals surface area contributed by atoms with Gasteiger partial charge in [-0.1, -0.05) is 41.9 Å². The van der Waals surface area contributed by atoms with E-state index in [0.717, 1.165) is 10.8 Å². The number of hydrogen-bond donors (Lipinski definition) is 1. The van der Waals surface area contributed by atoms with Crippen molar-refractivity contribution in [3.63, 3.8) is 0 Å². The van der Waals surface area contributed by atoms with Crippen LogP contribution >= 0.6 is 11.6 Å². The van der Waals surface area contributed by atoms with Crippen molar-refractivity contribution in [3.05, 3.63) is 71.2 Å². The molecule has 3 aromatic rings. The van der Waals surface area contributed by atoms with E-state index in [-0.39, 0.29) is 16.5 Å². The van der Waals surface area contributed by atoms with E-state index in [2.05, 4.69) is 10.1 Å². The minimum atomic E-state index is -0.733. The summed E-state index contributed by atoms with van der Waals surface area (Å²) in [7, 11) is 1.27. The zero-order valence-corrected chi connectivity index (χ0v) is 15.6. The van der Waals surface area contributed by atoms with Crippen LogP contribution in [0.1, 0.15) is 17.3 Å². The lowest BCUT2D eigenvalue weighted by molar-refractivity contribution is -0.122. The fourth-order valence-electron chi connectivity index (χ4n) is 2.61. The summed E-state index contributed by atoms with van der Waals surface area (Å²) in [6.07, 6.45) is -0.733.